The van der Waals surface area contributed by atoms with E-state index in [1.807, 2.05) is 54.1 Å². The fraction of sp³-hybridized carbons (Fsp3) is 0.0857. The Morgan fingerprint density at radius 3 is 2.09 bits per heavy atom. The Hall–Kier alpha value is -5.80. The summed E-state index contributed by atoms with van der Waals surface area (Å²) in [5, 5.41) is 16.5. The second-order valence-corrected chi connectivity index (χ2v) is 9.97. The third-order valence-electron chi connectivity index (χ3n) is 7.35. The van der Waals surface area contributed by atoms with Gasteiger partial charge in [0.15, 0.2) is 12.0 Å². The van der Waals surface area contributed by atoms with Crippen LogP contribution in [0, 0.1) is 0 Å². The molecule has 0 bridgehead atoms. The molecule has 0 fully saturated rings. The molecule has 1 heterocycles. The zero-order chi connectivity index (χ0) is 30.6. The number of rotatable bonds is 9. The van der Waals surface area contributed by atoms with Crippen LogP contribution in [0.1, 0.15) is 10.4 Å². The molecule has 44 heavy (non-hydrogen) atoms. The summed E-state index contributed by atoms with van der Waals surface area (Å²) < 4.78 is 7.90. The normalized spacial score (nSPS) is 11.5. The van der Waals surface area contributed by atoms with Gasteiger partial charge in [0.1, 0.15) is 12.4 Å². The molecule has 0 saturated carbocycles. The summed E-state index contributed by atoms with van der Waals surface area (Å²) in [5.41, 5.74) is 2.48. The SMILES string of the molecule is Cn1c2ccc(C(=O)/C(C=O)=N/OC(=O)N(c3ccccc3)c3ccccc3)cc2c2cc(OCCO)c3ccccc3c21. The van der Waals surface area contributed by atoms with Gasteiger partial charge in [0.2, 0.25) is 5.78 Å². The molecular formula is C35H27N3O6. The Morgan fingerprint density at radius 1 is 0.818 bits per heavy atom. The molecule has 1 aromatic heterocycles. The van der Waals surface area contributed by atoms with Gasteiger partial charge < -0.3 is 14.4 Å². The van der Waals surface area contributed by atoms with E-state index in [0.717, 1.165) is 32.6 Å². The van der Waals surface area contributed by atoms with Gasteiger partial charge in [-0.2, -0.15) is 0 Å². The molecule has 0 saturated heterocycles. The van der Waals surface area contributed by atoms with Gasteiger partial charge in [-0.25, -0.2) is 9.69 Å². The molecule has 0 aliphatic carbocycles. The quantitative estimate of drug-likeness (QED) is 0.0513. The molecule has 0 spiro atoms. The summed E-state index contributed by atoms with van der Waals surface area (Å²) in [5.74, 6) is -0.0926. The average Bonchev–Trinajstić information content (AvgIpc) is 3.35. The number of carbonyl (C=O) groups excluding carboxylic acids is 3. The molecule has 0 aliphatic rings. The highest BCUT2D eigenvalue weighted by Crippen LogP contribution is 2.39. The van der Waals surface area contributed by atoms with Crippen molar-refractivity contribution in [1.29, 1.82) is 0 Å². The van der Waals surface area contributed by atoms with E-state index in [0.29, 0.717) is 17.1 Å². The van der Waals surface area contributed by atoms with E-state index in [1.165, 1.54) is 4.90 Å². The molecule has 0 atom stereocenters. The lowest BCUT2D eigenvalue weighted by Gasteiger charge is -2.20. The number of aliphatic hydroxyl groups excluding tert-OH is 1. The maximum Gasteiger partial charge on any atom is 0.445 e. The number of amides is 1. The lowest BCUT2D eigenvalue weighted by Crippen LogP contribution is -2.26. The minimum Gasteiger partial charge on any atom is -0.491 e. The van der Waals surface area contributed by atoms with Crippen LogP contribution < -0.4 is 9.64 Å². The number of aliphatic hydroxyl groups is 1. The number of Topliss-reactive ketones (excluding diaryl/α,β-unsaturated/α-hetero) is 1. The first kappa shape index (κ1) is 28.3. The van der Waals surface area contributed by atoms with E-state index in [-0.39, 0.29) is 25.1 Å². The number of carbonyl (C=O) groups is 3. The summed E-state index contributed by atoms with van der Waals surface area (Å²) in [4.78, 5) is 45.1. The second-order valence-electron chi connectivity index (χ2n) is 9.97. The maximum atomic E-state index is 13.5. The second kappa shape index (κ2) is 12.2. The van der Waals surface area contributed by atoms with Gasteiger partial charge in [0.25, 0.3) is 0 Å². The standard InChI is InChI=1S/C35H27N3O6/c1-37-31-17-16-23(20-28(31)29-21-32(43-19-18-39)26-14-8-9-15-27(26)33(29)37)34(41)30(22-40)36-44-35(42)38(24-10-4-2-5-11-24)25-12-6-3-7-13-25/h2-17,20-22,39H,18-19H2,1H3/b36-30+. The Labute approximate surface area is 252 Å². The fourth-order valence-corrected chi connectivity index (χ4v) is 5.38. The Balaban J connectivity index is 1.36. The number of fused-ring (bicyclic) bond motifs is 5. The van der Waals surface area contributed by atoms with Crippen molar-refractivity contribution in [2.45, 2.75) is 0 Å². The molecule has 1 N–H and O–H groups in total. The number of para-hydroxylation sites is 2. The number of oxime groups is 1. The number of anilines is 2. The van der Waals surface area contributed by atoms with Crippen molar-refractivity contribution in [2.75, 3.05) is 18.1 Å². The summed E-state index contributed by atoms with van der Waals surface area (Å²) in [6, 6.07) is 32.4. The highest BCUT2D eigenvalue weighted by Gasteiger charge is 2.23. The minimum atomic E-state index is -0.888. The van der Waals surface area contributed by atoms with Crippen molar-refractivity contribution >= 4 is 67.8 Å². The fourth-order valence-electron chi connectivity index (χ4n) is 5.38. The van der Waals surface area contributed by atoms with Crippen LogP contribution in [-0.2, 0) is 16.7 Å². The van der Waals surface area contributed by atoms with Gasteiger partial charge in [-0.05, 0) is 48.5 Å². The van der Waals surface area contributed by atoms with Crippen LogP contribution in [0.5, 0.6) is 5.75 Å². The van der Waals surface area contributed by atoms with Crippen molar-refractivity contribution in [3.8, 4) is 5.75 Å². The summed E-state index contributed by atoms with van der Waals surface area (Å²) >= 11 is 0. The van der Waals surface area contributed by atoms with Crippen molar-refractivity contribution in [1.82, 2.24) is 4.57 Å². The van der Waals surface area contributed by atoms with Crippen LogP contribution in [-0.4, -0.2) is 46.8 Å². The highest BCUT2D eigenvalue weighted by molar-refractivity contribution is 6.63. The third kappa shape index (κ3) is 5.16. The van der Waals surface area contributed by atoms with Crippen LogP contribution in [0.4, 0.5) is 16.2 Å². The molecular weight excluding hydrogens is 558 g/mol. The van der Waals surface area contributed by atoms with Gasteiger partial charge in [-0.3, -0.25) is 14.4 Å². The van der Waals surface area contributed by atoms with E-state index >= 15 is 0 Å². The zero-order valence-corrected chi connectivity index (χ0v) is 23.7. The van der Waals surface area contributed by atoms with E-state index < -0.39 is 17.6 Å². The average molecular weight is 586 g/mol. The first-order valence-electron chi connectivity index (χ1n) is 13.9. The largest absolute Gasteiger partial charge is 0.491 e. The Kier molecular flexibility index (Phi) is 7.86. The molecule has 5 aromatic carbocycles. The van der Waals surface area contributed by atoms with Gasteiger partial charge in [-0.1, -0.05) is 65.8 Å². The number of aldehydes is 1. The number of ketones is 1. The molecule has 0 aliphatic heterocycles. The smallest absolute Gasteiger partial charge is 0.445 e. The summed E-state index contributed by atoms with van der Waals surface area (Å²) in [6.07, 6.45) is -0.617. The number of aromatic nitrogens is 1. The Morgan fingerprint density at radius 2 is 1.45 bits per heavy atom. The van der Waals surface area contributed by atoms with Crippen LogP contribution in [0.3, 0.4) is 0 Å². The van der Waals surface area contributed by atoms with Crippen molar-refractivity contribution in [3.63, 3.8) is 0 Å². The maximum absolute atomic E-state index is 13.5. The van der Waals surface area contributed by atoms with Crippen LogP contribution >= 0.6 is 0 Å². The molecule has 218 valence electrons. The first-order chi connectivity index (χ1) is 21.5. The molecule has 6 rings (SSSR count). The van der Waals surface area contributed by atoms with Crippen molar-refractivity contribution in [2.24, 2.45) is 12.2 Å². The van der Waals surface area contributed by atoms with Gasteiger partial charge in [-0.15, -0.1) is 0 Å². The van der Waals surface area contributed by atoms with E-state index in [1.54, 1.807) is 66.7 Å². The Bertz CT molecular complexity index is 2010. The summed E-state index contributed by atoms with van der Waals surface area (Å²) in [7, 11) is 1.94. The lowest BCUT2D eigenvalue weighted by atomic mass is 10.0. The minimum absolute atomic E-state index is 0.132. The van der Waals surface area contributed by atoms with Crippen LogP contribution in [0.25, 0.3) is 32.6 Å². The third-order valence-corrected chi connectivity index (χ3v) is 7.35. The van der Waals surface area contributed by atoms with Crippen LogP contribution in [0.2, 0.25) is 0 Å². The summed E-state index contributed by atoms with van der Waals surface area (Å²) in [6.45, 7) is 0.00123. The van der Waals surface area contributed by atoms with Gasteiger partial charge in [0, 0.05) is 39.7 Å². The highest BCUT2D eigenvalue weighted by atomic mass is 16.7. The number of nitrogens with zero attached hydrogens (tertiary/aromatic N) is 3. The monoisotopic (exact) mass is 585 g/mol. The molecule has 0 radical (unpaired) electrons. The predicted octanol–water partition coefficient (Wildman–Crippen LogP) is 6.57. The number of hydrogen-bond donors (Lipinski definition) is 1. The van der Waals surface area contributed by atoms with Gasteiger partial charge >= 0.3 is 6.09 Å². The van der Waals surface area contributed by atoms with Crippen molar-refractivity contribution < 1.29 is 29.1 Å². The molecule has 0 unspecified atom stereocenters. The molecule has 9 nitrogen and oxygen atoms in total. The number of benzene rings is 5. The van der Waals surface area contributed by atoms with Gasteiger partial charge in [0.05, 0.1) is 23.5 Å². The van der Waals surface area contributed by atoms with E-state index in [9.17, 15) is 19.5 Å². The first-order valence-corrected chi connectivity index (χ1v) is 13.9. The topological polar surface area (TPSA) is 110 Å². The van der Waals surface area contributed by atoms with E-state index in [2.05, 4.69) is 5.16 Å². The van der Waals surface area contributed by atoms with E-state index in [4.69, 9.17) is 9.57 Å². The lowest BCUT2D eigenvalue weighted by molar-refractivity contribution is -0.102. The van der Waals surface area contributed by atoms with Crippen molar-refractivity contribution in [3.05, 3.63) is 115 Å². The molecule has 9 heteroatoms. The van der Waals surface area contributed by atoms with Crippen LogP contribution in [0.15, 0.2) is 114 Å². The number of aryl methyl sites for hydroxylation is 1. The zero-order valence-electron chi connectivity index (χ0n) is 23.7. The predicted molar refractivity (Wildman–Crippen MR) is 170 cm³/mol. The molecule has 1 amide bonds. The number of hydrogen-bond acceptors (Lipinski definition) is 7. The molecule has 6 aromatic rings. The number of ether oxygens (including phenoxy) is 1.